The van der Waals surface area contributed by atoms with Crippen molar-refractivity contribution < 1.29 is 23.6 Å². The van der Waals surface area contributed by atoms with Crippen molar-refractivity contribution in [2.75, 3.05) is 23.3 Å². The van der Waals surface area contributed by atoms with Gasteiger partial charge in [0.05, 0.1) is 16.2 Å². The van der Waals surface area contributed by atoms with E-state index >= 15 is 0 Å². The molecular formula is C20H20FN3O5. The Morgan fingerprint density at radius 1 is 1.21 bits per heavy atom. The number of nitrogens with zero attached hydrogens (tertiary/aromatic N) is 2. The zero-order valence-electron chi connectivity index (χ0n) is 15.8. The SMILES string of the molecule is CC(OC(=O)c1ccc(N2CCCC2)c([N+](=O)[O-])c1)C(=O)Nc1ccccc1F. The Labute approximate surface area is 166 Å². The van der Waals surface area contributed by atoms with Gasteiger partial charge in [0.15, 0.2) is 6.10 Å². The average molecular weight is 401 g/mol. The van der Waals surface area contributed by atoms with Gasteiger partial charge < -0.3 is 15.0 Å². The van der Waals surface area contributed by atoms with Gasteiger partial charge >= 0.3 is 5.97 Å². The topological polar surface area (TPSA) is 102 Å². The molecule has 0 saturated carbocycles. The molecule has 0 aliphatic carbocycles. The second-order valence-corrected chi connectivity index (χ2v) is 6.67. The number of rotatable bonds is 6. The minimum Gasteiger partial charge on any atom is -0.449 e. The van der Waals surface area contributed by atoms with Crippen molar-refractivity contribution >= 4 is 28.9 Å². The number of para-hydroxylation sites is 1. The van der Waals surface area contributed by atoms with Crippen molar-refractivity contribution in [2.45, 2.75) is 25.9 Å². The maximum atomic E-state index is 13.6. The third-order valence-corrected chi connectivity index (χ3v) is 4.64. The Morgan fingerprint density at radius 2 is 1.90 bits per heavy atom. The number of hydrogen-bond acceptors (Lipinski definition) is 6. The summed E-state index contributed by atoms with van der Waals surface area (Å²) < 4.78 is 18.7. The van der Waals surface area contributed by atoms with E-state index in [1.54, 1.807) is 6.07 Å². The van der Waals surface area contributed by atoms with Gasteiger partial charge in [-0.25, -0.2) is 9.18 Å². The van der Waals surface area contributed by atoms with Crippen LogP contribution in [0.1, 0.15) is 30.1 Å². The number of nitro groups is 1. The van der Waals surface area contributed by atoms with Gasteiger partial charge in [0, 0.05) is 19.2 Å². The van der Waals surface area contributed by atoms with E-state index in [0.29, 0.717) is 5.69 Å². The first-order valence-corrected chi connectivity index (χ1v) is 9.16. The fraction of sp³-hybridized carbons (Fsp3) is 0.300. The molecule has 152 valence electrons. The van der Waals surface area contributed by atoms with E-state index in [4.69, 9.17) is 4.74 Å². The highest BCUT2D eigenvalue weighted by Gasteiger charge is 2.26. The fourth-order valence-corrected chi connectivity index (χ4v) is 3.10. The summed E-state index contributed by atoms with van der Waals surface area (Å²) >= 11 is 0. The summed E-state index contributed by atoms with van der Waals surface area (Å²) in [6.45, 7) is 2.77. The van der Waals surface area contributed by atoms with Gasteiger partial charge in [-0.05, 0) is 44.0 Å². The summed E-state index contributed by atoms with van der Waals surface area (Å²) in [5.74, 6) is -2.21. The molecule has 0 bridgehead atoms. The van der Waals surface area contributed by atoms with Crippen LogP contribution in [0.5, 0.6) is 0 Å². The van der Waals surface area contributed by atoms with Crippen LogP contribution in [0.25, 0.3) is 0 Å². The fourth-order valence-electron chi connectivity index (χ4n) is 3.10. The van der Waals surface area contributed by atoms with Gasteiger partial charge in [0.1, 0.15) is 11.5 Å². The molecule has 8 nitrogen and oxygen atoms in total. The number of benzene rings is 2. The van der Waals surface area contributed by atoms with E-state index in [-0.39, 0.29) is 16.9 Å². The summed E-state index contributed by atoms with van der Waals surface area (Å²) in [5, 5.41) is 13.8. The number of carbonyl (C=O) groups is 2. The highest BCUT2D eigenvalue weighted by Crippen LogP contribution is 2.32. The Balaban J connectivity index is 1.71. The Morgan fingerprint density at radius 3 is 2.55 bits per heavy atom. The molecule has 9 heteroatoms. The van der Waals surface area contributed by atoms with Crippen LogP contribution < -0.4 is 10.2 Å². The predicted molar refractivity (Wildman–Crippen MR) is 104 cm³/mol. The van der Waals surface area contributed by atoms with E-state index in [1.807, 2.05) is 4.90 Å². The first kappa shape index (κ1) is 20.2. The van der Waals surface area contributed by atoms with Crippen LogP contribution in [-0.2, 0) is 9.53 Å². The van der Waals surface area contributed by atoms with E-state index in [2.05, 4.69) is 5.32 Å². The predicted octanol–water partition coefficient (Wildman–Crippen LogP) is 3.52. The number of halogens is 1. The van der Waals surface area contributed by atoms with Crippen molar-refractivity contribution in [2.24, 2.45) is 0 Å². The number of carbonyl (C=O) groups excluding carboxylic acids is 2. The van der Waals surface area contributed by atoms with E-state index < -0.39 is 28.7 Å². The second-order valence-electron chi connectivity index (χ2n) is 6.67. The normalized spacial score (nSPS) is 14.3. The Hall–Kier alpha value is -3.49. The number of nitrogens with one attached hydrogen (secondary N) is 1. The molecule has 1 amide bonds. The van der Waals surface area contributed by atoms with Crippen LogP contribution in [0.4, 0.5) is 21.5 Å². The number of nitro benzene ring substituents is 1. The molecule has 0 aromatic heterocycles. The lowest BCUT2D eigenvalue weighted by atomic mass is 10.1. The number of esters is 1. The highest BCUT2D eigenvalue weighted by molar-refractivity contribution is 5.98. The first-order chi connectivity index (χ1) is 13.9. The molecule has 1 aliphatic rings. The number of anilines is 2. The summed E-state index contributed by atoms with van der Waals surface area (Å²) in [6, 6.07) is 9.70. The molecule has 0 radical (unpaired) electrons. The maximum Gasteiger partial charge on any atom is 0.339 e. The summed E-state index contributed by atoms with van der Waals surface area (Å²) in [5.41, 5.74) is 0.190. The summed E-state index contributed by atoms with van der Waals surface area (Å²) in [6.07, 6.45) is 0.685. The quantitative estimate of drug-likeness (QED) is 0.451. The monoisotopic (exact) mass is 401 g/mol. The van der Waals surface area contributed by atoms with Crippen LogP contribution in [0, 0.1) is 15.9 Å². The van der Waals surface area contributed by atoms with Gasteiger partial charge in [-0.15, -0.1) is 0 Å². The molecule has 1 unspecified atom stereocenters. The van der Waals surface area contributed by atoms with Gasteiger partial charge in [-0.3, -0.25) is 14.9 Å². The molecule has 1 saturated heterocycles. The summed E-state index contributed by atoms with van der Waals surface area (Å²) in [7, 11) is 0. The molecule has 3 rings (SSSR count). The van der Waals surface area contributed by atoms with Crippen molar-refractivity contribution in [1.82, 2.24) is 0 Å². The van der Waals surface area contributed by atoms with Crippen molar-refractivity contribution in [3.8, 4) is 0 Å². The highest BCUT2D eigenvalue weighted by atomic mass is 19.1. The molecule has 29 heavy (non-hydrogen) atoms. The maximum absolute atomic E-state index is 13.6. The number of amides is 1. The second kappa shape index (κ2) is 8.68. The third kappa shape index (κ3) is 4.68. The molecular weight excluding hydrogens is 381 g/mol. The van der Waals surface area contributed by atoms with Crippen molar-refractivity contribution in [1.29, 1.82) is 0 Å². The van der Waals surface area contributed by atoms with Gasteiger partial charge in [0.25, 0.3) is 11.6 Å². The lowest BCUT2D eigenvalue weighted by molar-refractivity contribution is -0.384. The standard InChI is InChI=1S/C20H20FN3O5/c1-13(19(25)22-16-7-3-2-6-15(16)21)29-20(26)14-8-9-17(18(12-14)24(27)28)23-10-4-5-11-23/h2-3,6-9,12-13H,4-5,10-11H2,1H3,(H,22,25). The summed E-state index contributed by atoms with van der Waals surface area (Å²) in [4.78, 5) is 37.3. The molecule has 1 fully saturated rings. The largest absolute Gasteiger partial charge is 0.449 e. The van der Waals surface area contributed by atoms with Crippen LogP contribution in [0.3, 0.4) is 0 Å². The number of hydrogen-bond donors (Lipinski definition) is 1. The van der Waals surface area contributed by atoms with E-state index in [0.717, 1.165) is 32.0 Å². The zero-order valence-corrected chi connectivity index (χ0v) is 15.8. The number of ether oxygens (including phenoxy) is 1. The lowest BCUT2D eigenvalue weighted by Gasteiger charge is -2.18. The minimum atomic E-state index is -1.22. The minimum absolute atomic E-state index is 0.0361. The molecule has 1 aliphatic heterocycles. The van der Waals surface area contributed by atoms with Crippen molar-refractivity contribution in [3.05, 3.63) is 64.0 Å². The molecule has 0 spiro atoms. The Kier molecular flexibility index (Phi) is 6.06. The van der Waals surface area contributed by atoms with Crippen LogP contribution in [0.2, 0.25) is 0 Å². The molecule has 1 atom stereocenters. The Bertz CT molecular complexity index is 943. The third-order valence-electron chi connectivity index (χ3n) is 4.64. The molecule has 2 aromatic rings. The zero-order chi connectivity index (χ0) is 21.0. The van der Waals surface area contributed by atoms with Crippen LogP contribution >= 0.6 is 0 Å². The van der Waals surface area contributed by atoms with E-state index in [1.165, 1.54) is 37.3 Å². The molecule has 2 aromatic carbocycles. The molecule has 1 N–H and O–H groups in total. The van der Waals surface area contributed by atoms with Gasteiger partial charge in [-0.1, -0.05) is 12.1 Å². The van der Waals surface area contributed by atoms with Crippen LogP contribution in [-0.4, -0.2) is 36.0 Å². The van der Waals surface area contributed by atoms with Crippen molar-refractivity contribution in [3.63, 3.8) is 0 Å². The van der Waals surface area contributed by atoms with Gasteiger partial charge in [0.2, 0.25) is 0 Å². The van der Waals surface area contributed by atoms with Crippen LogP contribution in [0.15, 0.2) is 42.5 Å². The van der Waals surface area contributed by atoms with Gasteiger partial charge in [-0.2, -0.15) is 0 Å². The smallest absolute Gasteiger partial charge is 0.339 e. The van der Waals surface area contributed by atoms with E-state index in [9.17, 15) is 24.1 Å². The molecule has 1 heterocycles. The first-order valence-electron chi connectivity index (χ1n) is 9.16. The lowest BCUT2D eigenvalue weighted by Crippen LogP contribution is -2.30. The average Bonchev–Trinajstić information content (AvgIpc) is 3.23.